The van der Waals surface area contributed by atoms with Crippen molar-refractivity contribution in [3.05, 3.63) is 53.1 Å². The van der Waals surface area contributed by atoms with Gasteiger partial charge in [-0.3, -0.25) is 0 Å². The van der Waals surface area contributed by atoms with Gasteiger partial charge in [0.15, 0.2) is 11.5 Å². The first-order valence-corrected chi connectivity index (χ1v) is 7.68. The highest BCUT2D eigenvalue weighted by atomic mass is 16.5. The Kier molecular flexibility index (Phi) is 5.88. The number of benzene rings is 2. The van der Waals surface area contributed by atoms with Crippen molar-refractivity contribution in [2.75, 3.05) is 21.3 Å². The second kappa shape index (κ2) is 7.88. The molecule has 2 aromatic carbocycles. The lowest BCUT2D eigenvalue weighted by Crippen LogP contribution is -2.18. The van der Waals surface area contributed by atoms with Crippen molar-refractivity contribution in [3.8, 4) is 17.2 Å². The largest absolute Gasteiger partial charge is 0.493 e. The molecular weight excluding hydrogens is 290 g/mol. The minimum absolute atomic E-state index is 0.244. The average molecular weight is 315 g/mol. The van der Waals surface area contributed by atoms with Crippen molar-refractivity contribution in [2.24, 2.45) is 0 Å². The van der Waals surface area contributed by atoms with E-state index in [1.807, 2.05) is 12.1 Å². The van der Waals surface area contributed by atoms with Gasteiger partial charge in [-0.15, -0.1) is 0 Å². The Morgan fingerprint density at radius 1 is 0.870 bits per heavy atom. The summed E-state index contributed by atoms with van der Waals surface area (Å²) in [6.07, 6.45) is 0. The maximum Gasteiger partial charge on any atom is 0.203 e. The highest BCUT2D eigenvalue weighted by Gasteiger charge is 2.16. The monoisotopic (exact) mass is 315 g/mol. The van der Waals surface area contributed by atoms with Gasteiger partial charge >= 0.3 is 0 Å². The Labute approximate surface area is 138 Å². The molecule has 0 radical (unpaired) electrons. The van der Waals surface area contributed by atoms with Crippen LogP contribution in [0.3, 0.4) is 0 Å². The lowest BCUT2D eigenvalue weighted by atomic mass is 10.1. The van der Waals surface area contributed by atoms with E-state index in [0.717, 1.165) is 5.56 Å². The van der Waals surface area contributed by atoms with Crippen molar-refractivity contribution in [1.82, 2.24) is 5.32 Å². The van der Waals surface area contributed by atoms with Crippen LogP contribution >= 0.6 is 0 Å². The molecule has 2 rings (SSSR count). The average Bonchev–Trinajstić information content (AvgIpc) is 2.59. The Balaban J connectivity index is 2.15. The van der Waals surface area contributed by atoms with Crippen LogP contribution in [0.1, 0.15) is 29.7 Å². The number of hydrogen-bond acceptors (Lipinski definition) is 4. The Bertz CT molecular complexity index is 638. The van der Waals surface area contributed by atoms with E-state index in [1.165, 1.54) is 11.1 Å². The third-order valence-electron chi connectivity index (χ3n) is 3.96. The van der Waals surface area contributed by atoms with Gasteiger partial charge in [0, 0.05) is 18.2 Å². The number of methoxy groups -OCH3 is 3. The zero-order valence-corrected chi connectivity index (χ0v) is 14.5. The molecule has 23 heavy (non-hydrogen) atoms. The second-order valence-corrected chi connectivity index (χ2v) is 5.51. The smallest absolute Gasteiger partial charge is 0.203 e. The molecule has 2 aromatic rings. The van der Waals surface area contributed by atoms with Gasteiger partial charge in [0.1, 0.15) is 0 Å². The van der Waals surface area contributed by atoms with E-state index in [9.17, 15) is 0 Å². The molecule has 0 saturated carbocycles. The molecule has 1 N–H and O–H groups in total. The first-order valence-electron chi connectivity index (χ1n) is 7.68. The van der Waals surface area contributed by atoms with Crippen LogP contribution < -0.4 is 19.5 Å². The molecule has 4 nitrogen and oxygen atoms in total. The fourth-order valence-electron chi connectivity index (χ4n) is 2.54. The molecule has 0 fully saturated rings. The van der Waals surface area contributed by atoms with E-state index >= 15 is 0 Å². The first kappa shape index (κ1) is 17.2. The Morgan fingerprint density at radius 2 is 1.52 bits per heavy atom. The maximum atomic E-state index is 5.52. The van der Waals surface area contributed by atoms with Crippen LogP contribution in [0.2, 0.25) is 0 Å². The van der Waals surface area contributed by atoms with Gasteiger partial charge in [0.05, 0.1) is 21.3 Å². The summed E-state index contributed by atoms with van der Waals surface area (Å²) in [4.78, 5) is 0. The highest BCUT2D eigenvalue weighted by molar-refractivity contribution is 5.55. The Hall–Kier alpha value is -2.20. The van der Waals surface area contributed by atoms with Gasteiger partial charge in [-0.1, -0.05) is 35.9 Å². The molecule has 4 heteroatoms. The summed E-state index contributed by atoms with van der Waals surface area (Å²) >= 11 is 0. The number of hydrogen-bond donors (Lipinski definition) is 1. The van der Waals surface area contributed by atoms with Crippen LogP contribution in [0.4, 0.5) is 0 Å². The van der Waals surface area contributed by atoms with Gasteiger partial charge in [-0.2, -0.15) is 0 Å². The molecule has 0 aliphatic carbocycles. The van der Waals surface area contributed by atoms with E-state index in [2.05, 4.69) is 43.4 Å². The normalized spacial score (nSPS) is 11.9. The summed E-state index contributed by atoms with van der Waals surface area (Å²) in [6.45, 7) is 4.92. The third-order valence-corrected chi connectivity index (χ3v) is 3.96. The predicted molar refractivity (Wildman–Crippen MR) is 92.5 cm³/mol. The minimum Gasteiger partial charge on any atom is -0.493 e. The van der Waals surface area contributed by atoms with Crippen LogP contribution in [-0.4, -0.2) is 21.3 Å². The minimum atomic E-state index is 0.244. The van der Waals surface area contributed by atoms with Crippen molar-refractivity contribution >= 4 is 0 Å². The zero-order valence-electron chi connectivity index (χ0n) is 14.5. The van der Waals surface area contributed by atoms with Gasteiger partial charge in [-0.05, 0) is 25.5 Å². The van der Waals surface area contributed by atoms with Crippen LogP contribution in [0.15, 0.2) is 36.4 Å². The summed E-state index contributed by atoms with van der Waals surface area (Å²) in [5.74, 6) is 1.99. The second-order valence-electron chi connectivity index (χ2n) is 5.51. The SMILES string of the molecule is COc1ccc(CNC(C)c2ccc(C)cc2)c(OC)c1OC. The van der Waals surface area contributed by atoms with Crippen molar-refractivity contribution in [3.63, 3.8) is 0 Å². The van der Waals surface area contributed by atoms with E-state index < -0.39 is 0 Å². The molecule has 0 aliphatic heterocycles. The van der Waals surface area contributed by atoms with Crippen LogP contribution in [-0.2, 0) is 6.54 Å². The quantitative estimate of drug-likeness (QED) is 0.842. The molecule has 0 spiro atoms. The molecule has 0 aliphatic rings. The zero-order chi connectivity index (χ0) is 16.8. The van der Waals surface area contributed by atoms with E-state index in [-0.39, 0.29) is 6.04 Å². The van der Waals surface area contributed by atoms with Gasteiger partial charge in [-0.25, -0.2) is 0 Å². The summed E-state index contributed by atoms with van der Waals surface area (Å²) in [5, 5.41) is 3.52. The predicted octanol–water partition coefficient (Wildman–Crippen LogP) is 3.87. The molecule has 0 amide bonds. The molecule has 0 aromatic heterocycles. The van der Waals surface area contributed by atoms with Gasteiger partial charge in [0.25, 0.3) is 0 Å². The Morgan fingerprint density at radius 3 is 2.09 bits per heavy atom. The fourth-order valence-corrected chi connectivity index (χ4v) is 2.54. The molecule has 0 bridgehead atoms. The third kappa shape index (κ3) is 3.96. The lowest BCUT2D eigenvalue weighted by molar-refractivity contribution is 0.321. The lowest BCUT2D eigenvalue weighted by Gasteiger charge is -2.18. The maximum absolute atomic E-state index is 5.52. The van der Waals surface area contributed by atoms with E-state index in [0.29, 0.717) is 23.8 Å². The topological polar surface area (TPSA) is 39.7 Å². The van der Waals surface area contributed by atoms with Crippen molar-refractivity contribution in [2.45, 2.75) is 26.4 Å². The van der Waals surface area contributed by atoms with E-state index in [4.69, 9.17) is 14.2 Å². The van der Waals surface area contributed by atoms with Crippen LogP contribution in [0.25, 0.3) is 0 Å². The summed E-state index contributed by atoms with van der Waals surface area (Å²) in [5.41, 5.74) is 3.56. The summed E-state index contributed by atoms with van der Waals surface area (Å²) < 4.78 is 16.3. The van der Waals surface area contributed by atoms with Gasteiger partial charge in [0.2, 0.25) is 5.75 Å². The van der Waals surface area contributed by atoms with Gasteiger partial charge < -0.3 is 19.5 Å². The number of nitrogens with one attached hydrogen (secondary N) is 1. The van der Waals surface area contributed by atoms with Crippen LogP contribution in [0, 0.1) is 6.92 Å². The number of rotatable bonds is 7. The first-order chi connectivity index (χ1) is 11.1. The van der Waals surface area contributed by atoms with Crippen LogP contribution in [0.5, 0.6) is 17.2 Å². The number of ether oxygens (including phenoxy) is 3. The molecule has 1 unspecified atom stereocenters. The summed E-state index contributed by atoms with van der Waals surface area (Å²) in [6, 6.07) is 12.7. The molecule has 0 saturated heterocycles. The summed E-state index contributed by atoms with van der Waals surface area (Å²) in [7, 11) is 4.88. The molecular formula is C19H25NO3. The van der Waals surface area contributed by atoms with Crippen molar-refractivity contribution < 1.29 is 14.2 Å². The fraction of sp³-hybridized carbons (Fsp3) is 0.368. The number of aryl methyl sites for hydroxylation is 1. The molecule has 0 heterocycles. The highest BCUT2D eigenvalue weighted by Crippen LogP contribution is 2.39. The molecule has 124 valence electrons. The van der Waals surface area contributed by atoms with Crippen molar-refractivity contribution in [1.29, 1.82) is 0 Å². The standard InChI is InChI=1S/C19H25NO3/c1-13-6-8-15(9-7-13)14(2)20-12-16-10-11-17(21-3)19(23-5)18(16)22-4/h6-11,14,20H,12H2,1-5H3. The van der Waals surface area contributed by atoms with E-state index in [1.54, 1.807) is 21.3 Å². The molecule has 1 atom stereocenters.